The van der Waals surface area contributed by atoms with Gasteiger partial charge in [-0.2, -0.15) is 0 Å². The van der Waals surface area contributed by atoms with Gasteiger partial charge in [-0.3, -0.25) is 4.79 Å². The second kappa shape index (κ2) is 5.01. The molecular weight excluding hydrogens is 306 g/mol. The van der Waals surface area contributed by atoms with Crippen LogP contribution < -0.4 is 10.2 Å². The summed E-state index contributed by atoms with van der Waals surface area (Å²) in [6, 6.07) is 11.9. The lowest BCUT2D eigenvalue weighted by molar-refractivity contribution is -0.114. The first-order chi connectivity index (χ1) is 9.22. The van der Waals surface area contributed by atoms with Crippen molar-refractivity contribution < 1.29 is 4.79 Å². The van der Waals surface area contributed by atoms with E-state index < -0.39 is 0 Å². The zero-order valence-corrected chi connectivity index (χ0v) is 11.7. The van der Waals surface area contributed by atoms with Gasteiger partial charge >= 0.3 is 0 Å². The second-order valence-electron chi connectivity index (χ2n) is 4.40. The number of halogens is 1. The molecule has 5 heteroatoms. The lowest BCUT2D eigenvalue weighted by Gasteiger charge is -2.21. The third-order valence-corrected chi connectivity index (χ3v) is 3.44. The van der Waals surface area contributed by atoms with Crippen LogP contribution in [-0.2, 0) is 11.3 Å². The molecule has 96 valence electrons. The Labute approximate surface area is 119 Å². The molecular formula is C14H12BrN3O. The van der Waals surface area contributed by atoms with Gasteiger partial charge in [0, 0.05) is 28.5 Å². The average Bonchev–Trinajstić information content (AvgIpc) is 2.58. The van der Waals surface area contributed by atoms with Gasteiger partial charge in [0.25, 0.3) is 0 Å². The number of carbonyl (C=O) groups excluding carboxylic acids is 1. The molecule has 0 bridgehead atoms. The summed E-state index contributed by atoms with van der Waals surface area (Å²) in [6.07, 6.45) is 1.69. The predicted octanol–water partition coefficient (Wildman–Crippen LogP) is 2.80. The highest BCUT2D eigenvalue weighted by molar-refractivity contribution is 9.10. The fourth-order valence-corrected chi connectivity index (χ4v) is 2.52. The van der Waals surface area contributed by atoms with Crippen LogP contribution >= 0.6 is 15.9 Å². The van der Waals surface area contributed by atoms with Crippen molar-refractivity contribution in [2.45, 2.75) is 6.54 Å². The fourth-order valence-electron chi connectivity index (χ4n) is 2.14. The molecule has 0 unspecified atom stereocenters. The van der Waals surface area contributed by atoms with E-state index in [-0.39, 0.29) is 5.91 Å². The van der Waals surface area contributed by atoms with Crippen LogP contribution in [0.4, 0.5) is 11.5 Å². The third kappa shape index (κ3) is 2.61. The molecule has 0 saturated heterocycles. The summed E-state index contributed by atoms with van der Waals surface area (Å²) in [4.78, 5) is 18.2. The number of benzene rings is 1. The van der Waals surface area contributed by atoms with E-state index in [0.29, 0.717) is 18.9 Å². The highest BCUT2D eigenvalue weighted by Gasteiger charge is 2.20. The maximum absolute atomic E-state index is 11.9. The molecule has 0 fully saturated rings. The van der Waals surface area contributed by atoms with E-state index in [1.165, 1.54) is 0 Å². The monoisotopic (exact) mass is 317 g/mol. The topological polar surface area (TPSA) is 45.2 Å². The molecule has 2 heterocycles. The Kier molecular flexibility index (Phi) is 3.21. The molecule has 1 aliphatic heterocycles. The molecule has 0 radical (unpaired) electrons. The Hall–Kier alpha value is -1.88. The van der Waals surface area contributed by atoms with Gasteiger partial charge in [-0.05, 0) is 34.1 Å². The Morgan fingerprint density at radius 2 is 2.00 bits per heavy atom. The number of nitrogens with zero attached hydrogens (tertiary/aromatic N) is 2. The van der Waals surface area contributed by atoms with Crippen molar-refractivity contribution in [2.24, 2.45) is 0 Å². The number of amides is 1. The lowest BCUT2D eigenvalue weighted by atomic mass is 10.2. The van der Waals surface area contributed by atoms with Gasteiger partial charge < -0.3 is 10.2 Å². The van der Waals surface area contributed by atoms with Crippen LogP contribution in [-0.4, -0.2) is 17.4 Å². The van der Waals surface area contributed by atoms with E-state index >= 15 is 0 Å². The zero-order valence-electron chi connectivity index (χ0n) is 10.1. The maximum Gasteiger partial charge on any atom is 0.245 e. The summed E-state index contributed by atoms with van der Waals surface area (Å²) in [5.41, 5.74) is 2.04. The third-order valence-electron chi connectivity index (χ3n) is 3.01. The van der Waals surface area contributed by atoms with Gasteiger partial charge in [-0.15, -0.1) is 0 Å². The Morgan fingerprint density at radius 1 is 1.21 bits per heavy atom. The molecule has 1 amide bonds. The Balaban J connectivity index is 1.99. The van der Waals surface area contributed by atoms with Crippen LogP contribution in [0.3, 0.4) is 0 Å². The quantitative estimate of drug-likeness (QED) is 0.879. The Bertz CT molecular complexity index is 615. The molecule has 19 heavy (non-hydrogen) atoms. The van der Waals surface area contributed by atoms with Gasteiger partial charge in [-0.25, -0.2) is 4.98 Å². The summed E-state index contributed by atoms with van der Waals surface area (Å²) in [7, 11) is 0. The minimum atomic E-state index is -0.0441. The number of aromatic nitrogens is 1. The molecule has 3 rings (SSSR count). The van der Waals surface area contributed by atoms with Crippen molar-refractivity contribution in [2.75, 3.05) is 16.8 Å². The van der Waals surface area contributed by atoms with E-state index in [1.807, 2.05) is 41.3 Å². The van der Waals surface area contributed by atoms with Gasteiger partial charge in [0.15, 0.2) is 0 Å². The summed E-state index contributed by atoms with van der Waals surface area (Å²) >= 11 is 3.41. The first-order valence-corrected chi connectivity index (χ1v) is 6.76. The number of hydrogen-bond acceptors (Lipinski definition) is 3. The van der Waals surface area contributed by atoms with Crippen LogP contribution in [0.25, 0.3) is 0 Å². The van der Waals surface area contributed by atoms with E-state index in [0.717, 1.165) is 15.7 Å². The van der Waals surface area contributed by atoms with E-state index in [9.17, 15) is 4.79 Å². The molecule has 1 aromatic heterocycles. The average molecular weight is 318 g/mol. The molecule has 2 aromatic rings. The number of para-hydroxylation sites is 1. The van der Waals surface area contributed by atoms with Gasteiger partial charge in [0.1, 0.15) is 5.82 Å². The SMILES string of the molecule is O=C1CN(c2ccccc2)Cc2cc(Br)cnc2N1. The van der Waals surface area contributed by atoms with E-state index in [4.69, 9.17) is 0 Å². The first-order valence-electron chi connectivity index (χ1n) is 5.96. The van der Waals surface area contributed by atoms with Crippen molar-refractivity contribution in [1.29, 1.82) is 0 Å². The van der Waals surface area contributed by atoms with Crippen molar-refractivity contribution in [3.63, 3.8) is 0 Å². The second-order valence-corrected chi connectivity index (χ2v) is 5.32. The van der Waals surface area contributed by atoms with Gasteiger partial charge in [0.2, 0.25) is 5.91 Å². The van der Waals surface area contributed by atoms with E-state index in [2.05, 4.69) is 26.2 Å². The maximum atomic E-state index is 11.9. The molecule has 1 aromatic carbocycles. The number of fused-ring (bicyclic) bond motifs is 1. The molecule has 0 atom stereocenters. The van der Waals surface area contributed by atoms with Crippen LogP contribution in [0.2, 0.25) is 0 Å². The van der Waals surface area contributed by atoms with Crippen molar-refractivity contribution in [3.8, 4) is 0 Å². The smallest absolute Gasteiger partial charge is 0.245 e. The van der Waals surface area contributed by atoms with Crippen LogP contribution in [0.1, 0.15) is 5.56 Å². The van der Waals surface area contributed by atoms with Crippen LogP contribution in [0.15, 0.2) is 47.1 Å². The molecule has 0 spiro atoms. The Morgan fingerprint density at radius 3 is 2.79 bits per heavy atom. The fraction of sp³-hybridized carbons (Fsp3) is 0.143. The standard InChI is InChI=1S/C14H12BrN3O/c15-11-6-10-8-18(12-4-2-1-3-5-12)9-13(19)17-14(10)16-7-11/h1-7H,8-9H2,(H,16,17,19). The van der Waals surface area contributed by atoms with Crippen molar-refractivity contribution in [3.05, 3.63) is 52.6 Å². The normalized spacial score (nSPS) is 14.6. The molecule has 1 aliphatic rings. The summed E-state index contributed by atoms with van der Waals surface area (Å²) in [5.74, 6) is 0.601. The number of carbonyl (C=O) groups is 1. The van der Waals surface area contributed by atoms with Crippen LogP contribution in [0.5, 0.6) is 0 Å². The van der Waals surface area contributed by atoms with Crippen molar-refractivity contribution >= 4 is 33.3 Å². The van der Waals surface area contributed by atoms with E-state index in [1.54, 1.807) is 6.20 Å². The molecule has 4 nitrogen and oxygen atoms in total. The zero-order chi connectivity index (χ0) is 13.2. The number of anilines is 2. The number of nitrogens with one attached hydrogen (secondary N) is 1. The summed E-state index contributed by atoms with van der Waals surface area (Å²) in [6.45, 7) is 0.989. The first kappa shape index (κ1) is 12.2. The van der Waals surface area contributed by atoms with Crippen molar-refractivity contribution in [1.82, 2.24) is 4.98 Å². The number of hydrogen-bond donors (Lipinski definition) is 1. The van der Waals surface area contributed by atoms with Gasteiger partial charge in [0.05, 0.1) is 6.54 Å². The molecule has 1 N–H and O–H groups in total. The summed E-state index contributed by atoms with van der Waals surface area (Å²) in [5, 5.41) is 2.84. The molecule has 0 aliphatic carbocycles. The lowest BCUT2D eigenvalue weighted by Crippen LogP contribution is -2.29. The largest absolute Gasteiger partial charge is 0.358 e. The highest BCUT2D eigenvalue weighted by atomic mass is 79.9. The molecule has 0 saturated carbocycles. The minimum absolute atomic E-state index is 0.0441. The van der Waals surface area contributed by atoms with Gasteiger partial charge in [-0.1, -0.05) is 18.2 Å². The number of pyridine rings is 1. The highest BCUT2D eigenvalue weighted by Crippen LogP contribution is 2.25. The summed E-state index contributed by atoms with van der Waals surface area (Å²) < 4.78 is 0.912. The predicted molar refractivity (Wildman–Crippen MR) is 78.1 cm³/mol. The number of rotatable bonds is 1. The van der Waals surface area contributed by atoms with Crippen LogP contribution in [0, 0.1) is 0 Å². The minimum Gasteiger partial charge on any atom is -0.358 e.